The summed E-state index contributed by atoms with van der Waals surface area (Å²) in [5, 5.41) is 3.67. The van der Waals surface area contributed by atoms with Crippen LogP contribution in [-0.4, -0.2) is 43.0 Å². The fourth-order valence-electron chi connectivity index (χ4n) is 2.98. The molecular weight excluding hydrogens is 328 g/mol. The monoisotopic (exact) mass is 352 g/mol. The number of hydrogen-bond donors (Lipinski definition) is 1. The number of carbonyl (C=O) groups is 2. The standard InChI is InChI=1S/C18H25ClN2O3/c1-3-24-18(23)15-5-4-10-21(11-15)12-17(22)20-13(2)14-6-8-16(19)9-7-14/h6-9,13,15H,3-5,10-12H2,1-2H3,(H,20,22)/t13-,15-/m0/s1. The van der Waals surface area contributed by atoms with Crippen LogP contribution in [0.5, 0.6) is 0 Å². The van der Waals surface area contributed by atoms with Crippen LogP contribution in [0.15, 0.2) is 24.3 Å². The third-order valence-electron chi connectivity index (χ3n) is 4.24. The molecular formula is C18H25ClN2O3. The molecule has 0 aliphatic carbocycles. The lowest BCUT2D eigenvalue weighted by molar-refractivity contribution is -0.150. The highest BCUT2D eigenvalue weighted by molar-refractivity contribution is 6.30. The Bertz CT molecular complexity index is 562. The molecule has 1 aliphatic rings. The van der Waals surface area contributed by atoms with Crippen LogP contribution in [-0.2, 0) is 14.3 Å². The first kappa shape index (κ1) is 18.7. The average Bonchev–Trinajstić information content (AvgIpc) is 2.55. The van der Waals surface area contributed by atoms with Crippen LogP contribution in [0.1, 0.15) is 38.3 Å². The van der Waals surface area contributed by atoms with Crippen molar-refractivity contribution in [1.29, 1.82) is 0 Å². The van der Waals surface area contributed by atoms with Gasteiger partial charge < -0.3 is 10.1 Å². The van der Waals surface area contributed by atoms with Gasteiger partial charge in [-0.1, -0.05) is 23.7 Å². The van der Waals surface area contributed by atoms with E-state index in [0.29, 0.717) is 24.7 Å². The molecule has 1 aromatic rings. The minimum atomic E-state index is -0.155. The minimum Gasteiger partial charge on any atom is -0.466 e. The van der Waals surface area contributed by atoms with Gasteiger partial charge in [0.05, 0.1) is 25.1 Å². The van der Waals surface area contributed by atoms with Crippen molar-refractivity contribution < 1.29 is 14.3 Å². The van der Waals surface area contributed by atoms with Crippen molar-refractivity contribution in [1.82, 2.24) is 10.2 Å². The van der Waals surface area contributed by atoms with Crippen LogP contribution in [0.25, 0.3) is 0 Å². The number of piperidine rings is 1. The third-order valence-corrected chi connectivity index (χ3v) is 4.49. The quantitative estimate of drug-likeness (QED) is 0.800. The van der Waals surface area contributed by atoms with Crippen LogP contribution in [0.3, 0.4) is 0 Å². The average molecular weight is 353 g/mol. The van der Waals surface area contributed by atoms with E-state index < -0.39 is 0 Å². The summed E-state index contributed by atoms with van der Waals surface area (Å²) in [7, 11) is 0. The van der Waals surface area contributed by atoms with Crippen molar-refractivity contribution >= 4 is 23.5 Å². The number of nitrogens with one attached hydrogen (secondary N) is 1. The van der Waals surface area contributed by atoms with E-state index in [1.165, 1.54) is 0 Å². The fourth-order valence-corrected chi connectivity index (χ4v) is 3.10. The van der Waals surface area contributed by atoms with Gasteiger partial charge >= 0.3 is 5.97 Å². The second-order valence-electron chi connectivity index (χ2n) is 6.17. The molecule has 0 bridgehead atoms. The molecule has 132 valence electrons. The topological polar surface area (TPSA) is 58.6 Å². The van der Waals surface area contributed by atoms with Crippen LogP contribution < -0.4 is 5.32 Å². The van der Waals surface area contributed by atoms with Crippen molar-refractivity contribution in [3.05, 3.63) is 34.9 Å². The Labute approximate surface area is 148 Å². The zero-order valence-electron chi connectivity index (χ0n) is 14.3. The van der Waals surface area contributed by atoms with Crippen LogP contribution in [0, 0.1) is 5.92 Å². The lowest BCUT2D eigenvalue weighted by Crippen LogP contribution is -2.45. The second kappa shape index (κ2) is 9.04. The normalized spacial score (nSPS) is 19.5. The Morgan fingerprint density at radius 3 is 2.75 bits per heavy atom. The van der Waals surface area contributed by atoms with E-state index in [9.17, 15) is 9.59 Å². The Kier molecular flexibility index (Phi) is 7.06. The van der Waals surface area contributed by atoms with Gasteiger partial charge in [-0.25, -0.2) is 0 Å². The molecule has 1 aliphatic heterocycles. The van der Waals surface area contributed by atoms with Crippen molar-refractivity contribution in [2.24, 2.45) is 5.92 Å². The number of carbonyl (C=O) groups excluding carboxylic acids is 2. The van der Waals surface area contributed by atoms with E-state index in [4.69, 9.17) is 16.3 Å². The highest BCUT2D eigenvalue weighted by Crippen LogP contribution is 2.19. The predicted molar refractivity (Wildman–Crippen MR) is 93.8 cm³/mol. The molecule has 5 nitrogen and oxygen atoms in total. The maximum absolute atomic E-state index is 12.3. The summed E-state index contributed by atoms with van der Waals surface area (Å²) in [5.74, 6) is -0.320. The smallest absolute Gasteiger partial charge is 0.310 e. The molecule has 24 heavy (non-hydrogen) atoms. The van der Waals surface area contributed by atoms with Gasteiger partial charge in [-0.2, -0.15) is 0 Å². The molecule has 0 aromatic heterocycles. The largest absolute Gasteiger partial charge is 0.466 e. The van der Waals surface area contributed by atoms with Crippen LogP contribution in [0.2, 0.25) is 5.02 Å². The minimum absolute atomic E-state index is 0.0399. The summed E-state index contributed by atoms with van der Waals surface area (Å²) in [6.45, 7) is 5.87. The molecule has 1 saturated heterocycles. The molecule has 1 fully saturated rings. The molecule has 6 heteroatoms. The van der Waals surface area contributed by atoms with E-state index in [0.717, 1.165) is 24.9 Å². The maximum Gasteiger partial charge on any atom is 0.310 e. The van der Waals surface area contributed by atoms with Crippen LogP contribution in [0.4, 0.5) is 0 Å². The first-order valence-corrected chi connectivity index (χ1v) is 8.81. The van der Waals surface area contributed by atoms with Gasteiger partial charge in [0.1, 0.15) is 0 Å². The summed E-state index contributed by atoms with van der Waals surface area (Å²) in [5.41, 5.74) is 1.01. The lowest BCUT2D eigenvalue weighted by Gasteiger charge is -2.31. The maximum atomic E-state index is 12.3. The number of esters is 1. The Morgan fingerprint density at radius 2 is 2.08 bits per heavy atom. The first-order valence-electron chi connectivity index (χ1n) is 8.43. The van der Waals surface area contributed by atoms with Gasteiger partial charge in [0.15, 0.2) is 0 Å². The number of rotatable bonds is 6. The van der Waals surface area contributed by atoms with Gasteiger partial charge in [0, 0.05) is 11.6 Å². The van der Waals surface area contributed by atoms with E-state index in [2.05, 4.69) is 5.32 Å². The van der Waals surface area contributed by atoms with Gasteiger partial charge in [-0.3, -0.25) is 14.5 Å². The number of likely N-dealkylation sites (tertiary alicyclic amines) is 1. The molecule has 0 radical (unpaired) electrons. The Hall–Kier alpha value is -1.59. The Balaban J connectivity index is 1.83. The Morgan fingerprint density at radius 1 is 1.38 bits per heavy atom. The van der Waals surface area contributed by atoms with Crippen molar-refractivity contribution in [3.63, 3.8) is 0 Å². The summed E-state index contributed by atoms with van der Waals surface area (Å²) >= 11 is 5.88. The molecule has 1 N–H and O–H groups in total. The lowest BCUT2D eigenvalue weighted by atomic mass is 9.98. The van der Waals surface area contributed by atoms with Gasteiger partial charge in [-0.05, 0) is 50.9 Å². The number of ether oxygens (including phenoxy) is 1. The molecule has 0 unspecified atom stereocenters. The number of nitrogens with zero attached hydrogens (tertiary/aromatic N) is 1. The highest BCUT2D eigenvalue weighted by atomic mass is 35.5. The predicted octanol–water partition coefficient (Wildman–Crippen LogP) is 2.79. The van der Waals surface area contributed by atoms with Gasteiger partial charge in [-0.15, -0.1) is 0 Å². The van der Waals surface area contributed by atoms with Crippen molar-refractivity contribution in [3.8, 4) is 0 Å². The van der Waals surface area contributed by atoms with Crippen molar-refractivity contribution in [2.45, 2.75) is 32.7 Å². The zero-order valence-corrected chi connectivity index (χ0v) is 15.0. The molecule has 1 amide bonds. The van der Waals surface area contributed by atoms with Crippen LogP contribution >= 0.6 is 11.6 Å². The molecule has 2 rings (SSSR count). The van der Waals surface area contributed by atoms with E-state index in [1.807, 2.05) is 43.0 Å². The van der Waals surface area contributed by atoms with E-state index in [-0.39, 0.29) is 23.8 Å². The number of hydrogen-bond acceptors (Lipinski definition) is 4. The summed E-state index contributed by atoms with van der Waals surface area (Å²) < 4.78 is 5.09. The van der Waals surface area contributed by atoms with Crippen molar-refractivity contribution in [2.75, 3.05) is 26.2 Å². The molecule has 1 heterocycles. The van der Waals surface area contributed by atoms with Gasteiger partial charge in [0.2, 0.25) is 5.91 Å². The number of benzene rings is 1. The molecule has 1 aromatic carbocycles. The number of amides is 1. The molecule has 0 saturated carbocycles. The SMILES string of the molecule is CCOC(=O)[C@H]1CCCN(CC(=O)N[C@@H](C)c2ccc(Cl)cc2)C1. The second-order valence-corrected chi connectivity index (χ2v) is 6.60. The summed E-state index contributed by atoms with van der Waals surface area (Å²) in [4.78, 5) is 26.2. The van der Waals surface area contributed by atoms with E-state index >= 15 is 0 Å². The molecule has 2 atom stereocenters. The van der Waals surface area contributed by atoms with E-state index in [1.54, 1.807) is 0 Å². The molecule has 0 spiro atoms. The summed E-state index contributed by atoms with van der Waals surface area (Å²) in [6, 6.07) is 7.36. The zero-order chi connectivity index (χ0) is 17.5. The highest BCUT2D eigenvalue weighted by Gasteiger charge is 2.27. The first-order chi connectivity index (χ1) is 11.5. The third kappa shape index (κ3) is 5.49. The summed E-state index contributed by atoms with van der Waals surface area (Å²) in [6.07, 6.45) is 1.74. The van der Waals surface area contributed by atoms with Gasteiger partial charge in [0.25, 0.3) is 0 Å². The fraction of sp³-hybridized carbons (Fsp3) is 0.556. The number of halogens is 1.